The first kappa shape index (κ1) is 13.3. The van der Waals surface area contributed by atoms with Crippen molar-refractivity contribution in [2.24, 2.45) is 0 Å². The van der Waals surface area contributed by atoms with E-state index < -0.39 is 0 Å². The normalized spacial score (nSPS) is 10.7. The SMILES string of the molecule is CC(C)Oc1ccc(Cc2cccc(O)c2N)cc1. The fraction of sp³-hybridized carbons (Fsp3) is 0.250. The van der Waals surface area contributed by atoms with E-state index in [1.807, 2.05) is 44.2 Å². The molecule has 0 aromatic heterocycles. The van der Waals surface area contributed by atoms with E-state index in [0.717, 1.165) is 16.9 Å². The standard InChI is InChI=1S/C16H19NO2/c1-11(2)19-14-8-6-12(7-9-14)10-13-4-3-5-15(18)16(13)17/h3-9,11,18H,10,17H2,1-2H3. The molecule has 3 N–H and O–H groups in total. The van der Waals surface area contributed by atoms with Crippen LogP contribution in [0.3, 0.4) is 0 Å². The van der Waals surface area contributed by atoms with Gasteiger partial charge in [0.15, 0.2) is 0 Å². The van der Waals surface area contributed by atoms with Gasteiger partial charge in [0.1, 0.15) is 11.5 Å². The van der Waals surface area contributed by atoms with Gasteiger partial charge >= 0.3 is 0 Å². The molecule has 0 amide bonds. The van der Waals surface area contributed by atoms with Crippen molar-refractivity contribution in [1.29, 1.82) is 0 Å². The van der Waals surface area contributed by atoms with Gasteiger partial charge in [-0.05, 0) is 49.6 Å². The summed E-state index contributed by atoms with van der Waals surface area (Å²) in [5.74, 6) is 1.000. The van der Waals surface area contributed by atoms with Crippen LogP contribution in [0.1, 0.15) is 25.0 Å². The first-order valence-electron chi connectivity index (χ1n) is 6.38. The number of para-hydroxylation sites is 1. The van der Waals surface area contributed by atoms with Crippen molar-refractivity contribution in [2.75, 3.05) is 5.73 Å². The van der Waals surface area contributed by atoms with Crippen molar-refractivity contribution >= 4 is 5.69 Å². The minimum absolute atomic E-state index is 0.136. The van der Waals surface area contributed by atoms with Gasteiger partial charge in [-0.2, -0.15) is 0 Å². The number of rotatable bonds is 4. The van der Waals surface area contributed by atoms with Gasteiger partial charge in [-0.25, -0.2) is 0 Å². The molecule has 19 heavy (non-hydrogen) atoms. The minimum Gasteiger partial charge on any atom is -0.506 e. The van der Waals surface area contributed by atoms with Gasteiger partial charge in [-0.3, -0.25) is 0 Å². The number of phenols is 1. The van der Waals surface area contributed by atoms with E-state index in [-0.39, 0.29) is 11.9 Å². The lowest BCUT2D eigenvalue weighted by Gasteiger charge is -2.11. The van der Waals surface area contributed by atoms with Gasteiger partial charge in [0.25, 0.3) is 0 Å². The highest BCUT2D eigenvalue weighted by Crippen LogP contribution is 2.26. The van der Waals surface area contributed by atoms with Gasteiger partial charge in [0.05, 0.1) is 11.8 Å². The molecule has 0 aliphatic rings. The molecule has 0 saturated carbocycles. The molecular formula is C16H19NO2. The number of aromatic hydroxyl groups is 1. The first-order valence-corrected chi connectivity index (χ1v) is 6.38. The quantitative estimate of drug-likeness (QED) is 0.652. The predicted octanol–water partition coefficient (Wildman–Crippen LogP) is 3.35. The summed E-state index contributed by atoms with van der Waals surface area (Å²) in [6.45, 7) is 4.00. The van der Waals surface area contributed by atoms with Crippen LogP contribution in [0, 0.1) is 0 Å². The van der Waals surface area contributed by atoms with Crippen LogP contribution in [0.2, 0.25) is 0 Å². The number of phenolic OH excluding ortho intramolecular Hbond substituents is 1. The third-order valence-corrected chi connectivity index (χ3v) is 2.86. The third kappa shape index (κ3) is 3.41. The summed E-state index contributed by atoms with van der Waals surface area (Å²) in [5, 5.41) is 9.58. The molecule has 0 aliphatic heterocycles. The predicted molar refractivity (Wildman–Crippen MR) is 77.5 cm³/mol. The molecule has 2 rings (SSSR count). The maximum atomic E-state index is 9.58. The number of hydrogen-bond donors (Lipinski definition) is 2. The van der Waals surface area contributed by atoms with E-state index in [0.29, 0.717) is 12.1 Å². The van der Waals surface area contributed by atoms with Gasteiger partial charge in [0, 0.05) is 0 Å². The van der Waals surface area contributed by atoms with Crippen molar-refractivity contribution < 1.29 is 9.84 Å². The first-order chi connectivity index (χ1) is 9.06. The second-order valence-corrected chi connectivity index (χ2v) is 4.84. The molecule has 0 bridgehead atoms. The highest BCUT2D eigenvalue weighted by atomic mass is 16.5. The Labute approximate surface area is 113 Å². The molecule has 100 valence electrons. The summed E-state index contributed by atoms with van der Waals surface area (Å²) in [4.78, 5) is 0. The molecule has 0 unspecified atom stereocenters. The van der Waals surface area contributed by atoms with Crippen LogP contribution >= 0.6 is 0 Å². The van der Waals surface area contributed by atoms with Crippen LogP contribution < -0.4 is 10.5 Å². The monoisotopic (exact) mass is 257 g/mol. The van der Waals surface area contributed by atoms with E-state index in [9.17, 15) is 5.11 Å². The fourth-order valence-corrected chi connectivity index (χ4v) is 1.93. The molecule has 0 atom stereocenters. The van der Waals surface area contributed by atoms with Gasteiger partial charge < -0.3 is 15.6 Å². The Balaban J connectivity index is 2.13. The van der Waals surface area contributed by atoms with E-state index in [2.05, 4.69) is 0 Å². The van der Waals surface area contributed by atoms with E-state index in [1.165, 1.54) is 0 Å². The molecular weight excluding hydrogens is 238 g/mol. The second-order valence-electron chi connectivity index (χ2n) is 4.84. The molecule has 3 heteroatoms. The van der Waals surface area contributed by atoms with Crippen molar-refractivity contribution in [2.45, 2.75) is 26.4 Å². The summed E-state index contributed by atoms with van der Waals surface area (Å²) < 4.78 is 5.60. The van der Waals surface area contributed by atoms with Crippen LogP contribution in [0.5, 0.6) is 11.5 Å². The smallest absolute Gasteiger partial charge is 0.138 e. The maximum Gasteiger partial charge on any atom is 0.138 e. The molecule has 0 fully saturated rings. The second kappa shape index (κ2) is 5.65. The summed E-state index contributed by atoms with van der Waals surface area (Å²) in [6.07, 6.45) is 0.870. The number of nitrogens with two attached hydrogens (primary N) is 1. The topological polar surface area (TPSA) is 55.5 Å². The highest BCUT2D eigenvalue weighted by Gasteiger charge is 2.05. The Hall–Kier alpha value is -2.16. The third-order valence-electron chi connectivity index (χ3n) is 2.86. The van der Waals surface area contributed by atoms with Gasteiger partial charge in [-0.1, -0.05) is 24.3 Å². The average molecular weight is 257 g/mol. The summed E-state index contributed by atoms with van der Waals surface area (Å²) in [5.41, 5.74) is 8.36. The zero-order valence-corrected chi connectivity index (χ0v) is 11.3. The Morgan fingerprint density at radius 2 is 1.79 bits per heavy atom. The largest absolute Gasteiger partial charge is 0.506 e. The molecule has 0 spiro atoms. The van der Waals surface area contributed by atoms with E-state index in [4.69, 9.17) is 10.5 Å². The van der Waals surface area contributed by atoms with Crippen molar-refractivity contribution in [3.05, 3.63) is 53.6 Å². The maximum absolute atomic E-state index is 9.58. The van der Waals surface area contributed by atoms with Gasteiger partial charge in [0.2, 0.25) is 0 Å². The molecule has 2 aromatic rings. The van der Waals surface area contributed by atoms with Crippen LogP contribution in [-0.2, 0) is 6.42 Å². The summed E-state index contributed by atoms with van der Waals surface area (Å²) >= 11 is 0. The molecule has 2 aromatic carbocycles. The van der Waals surface area contributed by atoms with Gasteiger partial charge in [-0.15, -0.1) is 0 Å². The lowest BCUT2D eigenvalue weighted by molar-refractivity contribution is 0.242. The Morgan fingerprint density at radius 3 is 2.42 bits per heavy atom. The average Bonchev–Trinajstić information content (AvgIpc) is 2.37. The van der Waals surface area contributed by atoms with E-state index >= 15 is 0 Å². The molecule has 0 saturated heterocycles. The Morgan fingerprint density at radius 1 is 1.11 bits per heavy atom. The summed E-state index contributed by atoms with van der Waals surface area (Å²) in [7, 11) is 0. The highest BCUT2D eigenvalue weighted by molar-refractivity contribution is 5.58. The minimum atomic E-state index is 0.136. The van der Waals surface area contributed by atoms with Crippen LogP contribution in [0.4, 0.5) is 5.69 Å². The summed E-state index contributed by atoms with van der Waals surface area (Å²) in [6, 6.07) is 13.3. The lowest BCUT2D eigenvalue weighted by Crippen LogP contribution is -2.05. The van der Waals surface area contributed by atoms with Crippen molar-refractivity contribution in [3.63, 3.8) is 0 Å². The Bertz CT molecular complexity index is 547. The van der Waals surface area contributed by atoms with Crippen LogP contribution in [0.15, 0.2) is 42.5 Å². The van der Waals surface area contributed by atoms with Crippen LogP contribution in [0.25, 0.3) is 0 Å². The number of ether oxygens (including phenoxy) is 1. The molecule has 0 radical (unpaired) electrons. The zero-order chi connectivity index (χ0) is 13.8. The van der Waals surface area contributed by atoms with Crippen molar-refractivity contribution in [1.82, 2.24) is 0 Å². The number of hydrogen-bond acceptors (Lipinski definition) is 3. The number of benzene rings is 2. The lowest BCUT2D eigenvalue weighted by atomic mass is 10.0. The van der Waals surface area contributed by atoms with Crippen LogP contribution in [-0.4, -0.2) is 11.2 Å². The molecule has 0 aliphatic carbocycles. The number of anilines is 1. The zero-order valence-electron chi connectivity index (χ0n) is 11.3. The molecule has 0 heterocycles. The molecule has 3 nitrogen and oxygen atoms in total. The Kier molecular flexibility index (Phi) is 3.95. The van der Waals surface area contributed by atoms with E-state index in [1.54, 1.807) is 12.1 Å². The number of nitrogen functional groups attached to an aromatic ring is 1. The van der Waals surface area contributed by atoms with Crippen molar-refractivity contribution in [3.8, 4) is 11.5 Å². The fourth-order valence-electron chi connectivity index (χ4n) is 1.93.